The quantitative estimate of drug-likeness (QED) is 0.650. The predicted molar refractivity (Wildman–Crippen MR) is 121 cm³/mol. The summed E-state index contributed by atoms with van der Waals surface area (Å²) in [5.41, 5.74) is 3.37. The SMILES string of the molecule is Cc1cc(C)c(C)c(S(=O)(=O)N2CCC(C(=O)N3CCCN(CC(F)(F)F)CC3)CC2)c1C. The monoisotopic (exact) mass is 489 g/mol. The van der Waals surface area contributed by atoms with E-state index >= 15 is 0 Å². The standard InChI is InChI=1S/C23H34F3N3O3S/c1-16-14-17(2)19(4)21(18(16)3)33(31,32)29-10-6-20(7-11-29)22(30)28-9-5-8-27(12-13-28)15-23(24,25)26/h14,20H,5-13,15H2,1-4H3. The zero-order chi connectivity index (χ0) is 24.6. The summed E-state index contributed by atoms with van der Waals surface area (Å²) >= 11 is 0. The van der Waals surface area contributed by atoms with Crippen molar-refractivity contribution in [2.24, 2.45) is 5.92 Å². The van der Waals surface area contributed by atoms with Crippen molar-refractivity contribution in [3.8, 4) is 0 Å². The fourth-order valence-electron chi connectivity index (χ4n) is 4.90. The molecule has 0 N–H and O–H groups in total. The molecular formula is C23H34F3N3O3S. The van der Waals surface area contributed by atoms with Crippen LogP contribution in [0.3, 0.4) is 0 Å². The van der Waals surface area contributed by atoms with Gasteiger partial charge in [-0.3, -0.25) is 9.69 Å². The van der Waals surface area contributed by atoms with Crippen LogP contribution in [0, 0.1) is 33.6 Å². The zero-order valence-electron chi connectivity index (χ0n) is 19.8. The number of piperidine rings is 1. The molecule has 1 aromatic rings. The number of rotatable bonds is 4. The Morgan fingerprint density at radius 2 is 1.52 bits per heavy atom. The Kier molecular flexibility index (Phi) is 7.80. The number of amides is 1. The first-order valence-electron chi connectivity index (χ1n) is 11.5. The first-order valence-corrected chi connectivity index (χ1v) is 12.9. The molecule has 33 heavy (non-hydrogen) atoms. The third kappa shape index (κ3) is 5.89. The molecule has 0 unspecified atom stereocenters. The van der Waals surface area contributed by atoms with Crippen LogP contribution >= 0.6 is 0 Å². The number of hydrogen-bond acceptors (Lipinski definition) is 4. The number of sulfonamides is 1. The summed E-state index contributed by atoms with van der Waals surface area (Å²) in [7, 11) is -3.68. The molecule has 0 aliphatic carbocycles. The molecule has 2 fully saturated rings. The van der Waals surface area contributed by atoms with E-state index in [-0.39, 0.29) is 38.0 Å². The molecule has 10 heteroatoms. The van der Waals surface area contributed by atoms with Gasteiger partial charge in [-0.2, -0.15) is 17.5 Å². The van der Waals surface area contributed by atoms with Gasteiger partial charge in [0.1, 0.15) is 0 Å². The summed E-state index contributed by atoms with van der Waals surface area (Å²) in [4.78, 5) is 16.4. The molecule has 2 heterocycles. The molecule has 186 valence electrons. The minimum absolute atomic E-state index is 0.0698. The lowest BCUT2D eigenvalue weighted by atomic mass is 9.96. The Morgan fingerprint density at radius 1 is 0.939 bits per heavy atom. The van der Waals surface area contributed by atoms with Gasteiger partial charge >= 0.3 is 6.18 Å². The smallest absolute Gasteiger partial charge is 0.341 e. The highest BCUT2D eigenvalue weighted by Gasteiger charge is 2.37. The Morgan fingerprint density at radius 3 is 2.06 bits per heavy atom. The van der Waals surface area contributed by atoms with Gasteiger partial charge in [-0.1, -0.05) is 6.07 Å². The number of nitrogens with zero attached hydrogens (tertiary/aromatic N) is 3. The second-order valence-electron chi connectivity index (χ2n) is 9.34. The van der Waals surface area contributed by atoms with Gasteiger partial charge in [0.05, 0.1) is 11.4 Å². The number of hydrogen-bond donors (Lipinski definition) is 0. The van der Waals surface area contributed by atoms with E-state index in [0.29, 0.717) is 37.2 Å². The molecule has 1 aromatic carbocycles. The normalized spacial score (nSPS) is 20.2. The summed E-state index contributed by atoms with van der Waals surface area (Å²) in [6.07, 6.45) is -2.90. The number of carbonyl (C=O) groups is 1. The van der Waals surface area contributed by atoms with Crippen molar-refractivity contribution < 1.29 is 26.4 Å². The molecule has 0 aromatic heterocycles. The molecule has 2 saturated heterocycles. The second kappa shape index (κ2) is 9.92. The van der Waals surface area contributed by atoms with Crippen molar-refractivity contribution >= 4 is 15.9 Å². The van der Waals surface area contributed by atoms with E-state index in [4.69, 9.17) is 0 Å². The van der Waals surface area contributed by atoms with Crippen LogP contribution in [0.25, 0.3) is 0 Å². The minimum atomic E-state index is -4.25. The van der Waals surface area contributed by atoms with Crippen LogP contribution in [0.15, 0.2) is 11.0 Å². The van der Waals surface area contributed by atoms with Crippen LogP contribution in [0.5, 0.6) is 0 Å². The summed E-state index contributed by atoms with van der Waals surface area (Å²) in [6, 6.07) is 1.99. The molecule has 0 bridgehead atoms. The van der Waals surface area contributed by atoms with Gasteiger partial charge in [0, 0.05) is 45.2 Å². The van der Waals surface area contributed by atoms with E-state index in [2.05, 4.69) is 0 Å². The largest absolute Gasteiger partial charge is 0.401 e. The van der Waals surface area contributed by atoms with Gasteiger partial charge in [-0.15, -0.1) is 0 Å². The first-order chi connectivity index (χ1) is 15.3. The van der Waals surface area contributed by atoms with E-state index in [1.165, 1.54) is 9.21 Å². The fourth-order valence-corrected chi connectivity index (χ4v) is 6.95. The maximum atomic E-state index is 13.4. The van der Waals surface area contributed by atoms with Gasteiger partial charge < -0.3 is 4.90 Å². The highest BCUT2D eigenvalue weighted by molar-refractivity contribution is 7.89. The Labute approximate surface area is 194 Å². The second-order valence-corrected chi connectivity index (χ2v) is 11.2. The van der Waals surface area contributed by atoms with Crippen LogP contribution in [0.4, 0.5) is 13.2 Å². The highest BCUT2D eigenvalue weighted by atomic mass is 32.2. The lowest BCUT2D eigenvalue weighted by Gasteiger charge is -2.34. The molecule has 0 radical (unpaired) electrons. The van der Waals surface area contributed by atoms with Crippen LogP contribution in [-0.4, -0.2) is 80.4 Å². The van der Waals surface area contributed by atoms with Crippen LogP contribution in [-0.2, 0) is 14.8 Å². The molecule has 0 saturated carbocycles. The van der Waals surface area contributed by atoms with Crippen molar-refractivity contribution in [2.45, 2.75) is 58.0 Å². The summed E-state index contributed by atoms with van der Waals surface area (Å²) < 4.78 is 66.4. The fraction of sp³-hybridized carbons (Fsp3) is 0.696. The topological polar surface area (TPSA) is 60.9 Å². The zero-order valence-corrected chi connectivity index (χ0v) is 20.7. The van der Waals surface area contributed by atoms with E-state index in [1.54, 1.807) is 4.90 Å². The third-order valence-electron chi connectivity index (χ3n) is 7.00. The lowest BCUT2D eigenvalue weighted by molar-refractivity contribution is -0.145. The van der Waals surface area contributed by atoms with E-state index in [0.717, 1.165) is 22.3 Å². The molecular weight excluding hydrogens is 455 g/mol. The first kappa shape index (κ1) is 26.0. The Balaban J connectivity index is 1.64. The average Bonchev–Trinajstić information content (AvgIpc) is 2.96. The van der Waals surface area contributed by atoms with Gasteiger partial charge in [-0.05, 0) is 69.2 Å². The summed E-state index contributed by atoms with van der Waals surface area (Å²) in [6.45, 7) is 8.25. The van der Waals surface area contributed by atoms with E-state index < -0.39 is 22.7 Å². The molecule has 0 spiro atoms. The van der Waals surface area contributed by atoms with Crippen molar-refractivity contribution in [3.63, 3.8) is 0 Å². The molecule has 6 nitrogen and oxygen atoms in total. The van der Waals surface area contributed by atoms with Gasteiger partial charge in [0.15, 0.2) is 0 Å². The average molecular weight is 490 g/mol. The van der Waals surface area contributed by atoms with Crippen LogP contribution < -0.4 is 0 Å². The van der Waals surface area contributed by atoms with Gasteiger partial charge in [0.25, 0.3) is 0 Å². The van der Waals surface area contributed by atoms with Crippen molar-refractivity contribution in [2.75, 3.05) is 45.8 Å². The van der Waals surface area contributed by atoms with Crippen molar-refractivity contribution in [1.82, 2.24) is 14.1 Å². The van der Waals surface area contributed by atoms with Crippen molar-refractivity contribution in [3.05, 3.63) is 28.3 Å². The molecule has 3 rings (SSSR count). The minimum Gasteiger partial charge on any atom is -0.341 e. The molecule has 2 aliphatic rings. The number of halogens is 3. The number of carbonyl (C=O) groups excluding carboxylic acids is 1. The van der Waals surface area contributed by atoms with Crippen LogP contribution in [0.1, 0.15) is 41.5 Å². The van der Waals surface area contributed by atoms with E-state index in [1.807, 2.05) is 33.8 Å². The van der Waals surface area contributed by atoms with Crippen LogP contribution in [0.2, 0.25) is 0 Å². The highest BCUT2D eigenvalue weighted by Crippen LogP contribution is 2.31. The maximum absolute atomic E-state index is 13.4. The van der Waals surface area contributed by atoms with E-state index in [9.17, 15) is 26.4 Å². The number of aryl methyl sites for hydroxylation is 2. The summed E-state index contributed by atoms with van der Waals surface area (Å²) in [5.74, 6) is -0.369. The third-order valence-corrected chi connectivity index (χ3v) is 9.17. The number of alkyl halides is 3. The van der Waals surface area contributed by atoms with Crippen molar-refractivity contribution in [1.29, 1.82) is 0 Å². The lowest BCUT2D eigenvalue weighted by Crippen LogP contribution is -2.45. The Bertz CT molecular complexity index is 961. The van der Waals surface area contributed by atoms with Gasteiger partial charge in [-0.25, -0.2) is 8.42 Å². The molecule has 1 amide bonds. The maximum Gasteiger partial charge on any atom is 0.401 e. The predicted octanol–water partition coefficient (Wildman–Crippen LogP) is 3.42. The summed E-state index contributed by atoms with van der Waals surface area (Å²) in [5, 5.41) is 0. The number of benzene rings is 1. The molecule has 2 aliphatic heterocycles. The van der Waals surface area contributed by atoms with Gasteiger partial charge in [0.2, 0.25) is 15.9 Å². The molecule has 0 atom stereocenters. The Hall–Kier alpha value is -1.65.